The number of methoxy groups -OCH3 is 1. The number of fused-ring (bicyclic) bond motifs is 3. The predicted octanol–water partition coefficient (Wildman–Crippen LogP) is 4.17. The van der Waals surface area contributed by atoms with Crippen molar-refractivity contribution in [1.82, 2.24) is 0 Å². The zero-order chi connectivity index (χ0) is 16.7. The van der Waals surface area contributed by atoms with Crippen molar-refractivity contribution in [2.45, 2.75) is 0 Å². The van der Waals surface area contributed by atoms with E-state index in [1.807, 2.05) is 30.3 Å². The molecule has 4 nitrogen and oxygen atoms in total. The lowest BCUT2D eigenvalue weighted by atomic mass is 10.0. The van der Waals surface area contributed by atoms with Crippen LogP contribution in [0.1, 0.15) is 15.9 Å². The van der Waals surface area contributed by atoms with Gasteiger partial charge in [-0.15, -0.1) is 0 Å². The predicted molar refractivity (Wildman–Crippen MR) is 91.5 cm³/mol. The first-order chi connectivity index (χ1) is 11.7. The van der Waals surface area contributed by atoms with Gasteiger partial charge in [0, 0.05) is 5.39 Å². The number of aromatic hydroxyl groups is 1. The molecule has 0 aliphatic carbocycles. The van der Waals surface area contributed by atoms with Crippen molar-refractivity contribution in [1.29, 1.82) is 0 Å². The highest BCUT2D eigenvalue weighted by Gasteiger charge is 2.28. The molecule has 1 aliphatic rings. The van der Waals surface area contributed by atoms with Gasteiger partial charge in [-0.25, -0.2) is 0 Å². The van der Waals surface area contributed by atoms with Gasteiger partial charge in [-0.1, -0.05) is 36.4 Å². The Morgan fingerprint density at radius 3 is 2.75 bits per heavy atom. The van der Waals surface area contributed by atoms with Crippen LogP contribution in [0.3, 0.4) is 0 Å². The smallest absolute Gasteiger partial charge is 0.231 e. The van der Waals surface area contributed by atoms with Crippen molar-refractivity contribution in [2.24, 2.45) is 0 Å². The highest BCUT2D eigenvalue weighted by molar-refractivity contribution is 6.17. The van der Waals surface area contributed by atoms with E-state index in [9.17, 15) is 9.90 Å². The molecular weight excluding hydrogens is 304 g/mol. The van der Waals surface area contributed by atoms with Crippen molar-refractivity contribution in [3.8, 4) is 17.2 Å². The minimum absolute atomic E-state index is 0.0487. The number of ketones is 1. The molecule has 118 valence electrons. The summed E-state index contributed by atoms with van der Waals surface area (Å²) in [5.41, 5.74) is 1.27. The van der Waals surface area contributed by atoms with Gasteiger partial charge in [-0.2, -0.15) is 0 Å². The molecule has 4 rings (SSSR count). The quantitative estimate of drug-likeness (QED) is 0.721. The number of phenolic OH excluding ortho intramolecular Hbond substituents is 1. The summed E-state index contributed by atoms with van der Waals surface area (Å²) in [6.45, 7) is 0. The third-order valence-corrected chi connectivity index (χ3v) is 4.06. The van der Waals surface area contributed by atoms with E-state index in [4.69, 9.17) is 9.47 Å². The Hall–Kier alpha value is -3.27. The summed E-state index contributed by atoms with van der Waals surface area (Å²) in [7, 11) is 1.48. The Labute approximate surface area is 138 Å². The summed E-state index contributed by atoms with van der Waals surface area (Å²) in [5, 5.41) is 11.6. The van der Waals surface area contributed by atoms with Gasteiger partial charge in [-0.3, -0.25) is 4.79 Å². The molecular formula is C20H14O4. The Morgan fingerprint density at radius 2 is 1.92 bits per heavy atom. The van der Waals surface area contributed by atoms with E-state index in [1.165, 1.54) is 13.2 Å². The van der Waals surface area contributed by atoms with Crippen LogP contribution in [-0.4, -0.2) is 18.0 Å². The van der Waals surface area contributed by atoms with E-state index in [0.717, 1.165) is 10.8 Å². The van der Waals surface area contributed by atoms with E-state index < -0.39 is 0 Å². The molecule has 0 bridgehead atoms. The molecule has 0 atom stereocenters. The van der Waals surface area contributed by atoms with Crippen LogP contribution in [0.25, 0.3) is 16.8 Å². The fourth-order valence-corrected chi connectivity index (χ4v) is 2.85. The largest absolute Gasteiger partial charge is 0.504 e. The number of phenols is 1. The van der Waals surface area contributed by atoms with Gasteiger partial charge in [0.15, 0.2) is 17.3 Å². The maximum Gasteiger partial charge on any atom is 0.231 e. The van der Waals surface area contributed by atoms with Gasteiger partial charge < -0.3 is 14.6 Å². The van der Waals surface area contributed by atoms with Crippen molar-refractivity contribution < 1.29 is 19.4 Å². The fourth-order valence-electron chi connectivity index (χ4n) is 2.85. The molecule has 24 heavy (non-hydrogen) atoms. The summed E-state index contributed by atoms with van der Waals surface area (Å²) in [6.07, 6.45) is 1.65. The number of carbonyl (C=O) groups is 1. The molecule has 1 aliphatic heterocycles. The summed E-state index contributed by atoms with van der Waals surface area (Å²) < 4.78 is 10.9. The minimum Gasteiger partial charge on any atom is -0.504 e. The number of Topliss-reactive ketones (excluding diaryl/α,β-unsaturated/α-hetero) is 1. The lowest BCUT2D eigenvalue weighted by Gasteiger charge is -2.05. The average molecular weight is 318 g/mol. The number of benzene rings is 3. The lowest BCUT2D eigenvalue weighted by Crippen LogP contribution is -1.98. The zero-order valence-corrected chi connectivity index (χ0v) is 12.9. The molecule has 0 spiro atoms. The summed E-state index contributed by atoms with van der Waals surface area (Å²) >= 11 is 0. The maximum absolute atomic E-state index is 12.6. The van der Waals surface area contributed by atoms with Crippen LogP contribution in [0.2, 0.25) is 0 Å². The van der Waals surface area contributed by atoms with Gasteiger partial charge in [0.05, 0.1) is 12.7 Å². The Bertz CT molecular complexity index is 1000. The second-order valence-electron chi connectivity index (χ2n) is 5.53. The van der Waals surface area contributed by atoms with Crippen LogP contribution in [0, 0.1) is 0 Å². The van der Waals surface area contributed by atoms with E-state index in [-0.39, 0.29) is 17.3 Å². The van der Waals surface area contributed by atoms with Crippen LogP contribution >= 0.6 is 0 Å². The normalized spacial score (nSPS) is 14.7. The number of ether oxygens (including phenoxy) is 2. The average Bonchev–Trinajstić information content (AvgIpc) is 2.93. The van der Waals surface area contributed by atoms with Crippen LogP contribution in [0.4, 0.5) is 0 Å². The van der Waals surface area contributed by atoms with Gasteiger partial charge >= 0.3 is 0 Å². The van der Waals surface area contributed by atoms with E-state index >= 15 is 0 Å². The first kappa shape index (κ1) is 14.3. The van der Waals surface area contributed by atoms with Crippen LogP contribution in [-0.2, 0) is 0 Å². The van der Waals surface area contributed by atoms with Crippen molar-refractivity contribution in [3.63, 3.8) is 0 Å². The second kappa shape index (κ2) is 5.42. The van der Waals surface area contributed by atoms with Crippen molar-refractivity contribution >= 4 is 22.6 Å². The van der Waals surface area contributed by atoms with Gasteiger partial charge in [0.2, 0.25) is 5.78 Å². The number of hydrogen-bond acceptors (Lipinski definition) is 4. The summed E-state index contributed by atoms with van der Waals surface area (Å²) in [4.78, 5) is 12.6. The monoisotopic (exact) mass is 318 g/mol. The second-order valence-corrected chi connectivity index (χ2v) is 5.53. The molecule has 1 heterocycles. The van der Waals surface area contributed by atoms with Crippen molar-refractivity contribution in [3.05, 3.63) is 71.5 Å². The molecule has 4 heteroatoms. The van der Waals surface area contributed by atoms with E-state index in [0.29, 0.717) is 22.6 Å². The number of allylic oxidation sites excluding steroid dienone is 1. The molecule has 0 radical (unpaired) electrons. The Kier molecular flexibility index (Phi) is 3.24. The topological polar surface area (TPSA) is 55.8 Å². The highest BCUT2D eigenvalue weighted by atomic mass is 16.5. The van der Waals surface area contributed by atoms with Crippen LogP contribution in [0.15, 0.2) is 60.4 Å². The van der Waals surface area contributed by atoms with E-state index in [2.05, 4.69) is 0 Å². The minimum atomic E-state index is -0.150. The van der Waals surface area contributed by atoms with Gasteiger partial charge in [-0.05, 0) is 35.2 Å². The van der Waals surface area contributed by atoms with Crippen molar-refractivity contribution in [2.75, 3.05) is 7.11 Å². The Morgan fingerprint density at radius 1 is 1.08 bits per heavy atom. The molecule has 3 aromatic carbocycles. The Balaban J connectivity index is 1.79. The third kappa shape index (κ3) is 2.20. The molecule has 0 fully saturated rings. The van der Waals surface area contributed by atoms with Gasteiger partial charge in [0.1, 0.15) is 5.75 Å². The molecule has 0 unspecified atom stereocenters. The summed E-state index contributed by atoms with van der Waals surface area (Å²) in [5.74, 6) is 1.09. The van der Waals surface area contributed by atoms with Gasteiger partial charge in [0.25, 0.3) is 0 Å². The molecule has 0 saturated heterocycles. The third-order valence-electron chi connectivity index (χ3n) is 4.06. The number of carbonyl (C=O) groups excluding carboxylic acids is 1. The van der Waals surface area contributed by atoms with Crippen LogP contribution < -0.4 is 9.47 Å². The van der Waals surface area contributed by atoms with E-state index in [1.54, 1.807) is 24.3 Å². The highest BCUT2D eigenvalue weighted by Crippen LogP contribution is 2.38. The fraction of sp³-hybridized carbons (Fsp3) is 0.0500. The molecule has 0 saturated carbocycles. The standard InChI is InChI=1S/C20H14O4/c1-23-17-10-12(6-9-16(17)21)11-18-19(22)15-8-7-13-4-2-3-5-14(13)20(15)24-18/h2-11,21H,1H3/b18-11-. The first-order valence-corrected chi connectivity index (χ1v) is 7.50. The van der Waals surface area contributed by atoms with Crippen LogP contribution in [0.5, 0.6) is 17.2 Å². The zero-order valence-electron chi connectivity index (χ0n) is 12.9. The molecule has 3 aromatic rings. The molecule has 0 aromatic heterocycles. The molecule has 1 N–H and O–H groups in total. The SMILES string of the molecule is COc1cc(/C=C2\Oc3c(ccc4ccccc34)C2=O)ccc1O. The molecule has 0 amide bonds. The lowest BCUT2D eigenvalue weighted by molar-refractivity contribution is 0.101. The summed E-state index contributed by atoms with van der Waals surface area (Å²) in [6, 6.07) is 16.4. The number of hydrogen-bond donors (Lipinski definition) is 1. The first-order valence-electron chi connectivity index (χ1n) is 7.50. The number of rotatable bonds is 2. The maximum atomic E-state index is 12.6.